The van der Waals surface area contributed by atoms with Gasteiger partial charge in [0.05, 0.1) is 22.6 Å². The Balaban J connectivity index is 2.13. The highest BCUT2D eigenvalue weighted by Crippen LogP contribution is 2.40. The molecule has 0 saturated carbocycles. The number of pyridine rings is 1. The van der Waals surface area contributed by atoms with E-state index in [1.54, 1.807) is 0 Å². The molecule has 0 radical (unpaired) electrons. The number of aromatic nitrogens is 2. The summed E-state index contributed by atoms with van der Waals surface area (Å²) in [5.41, 5.74) is 7.30. The molecule has 1 aliphatic carbocycles. The van der Waals surface area contributed by atoms with E-state index >= 15 is 0 Å². The smallest absolute Gasteiger partial charge is 0.0722 e. The first-order valence-corrected chi connectivity index (χ1v) is 9.07. The lowest BCUT2D eigenvalue weighted by Gasteiger charge is -2.32. The number of hydrazone groups is 1. The van der Waals surface area contributed by atoms with E-state index in [0.717, 1.165) is 25.0 Å². The van der Waals surface area contributed by atoms with Crippen LogP contribution in [-0.2, 0) is 12.8 Å². The molecular weight excluding hydrogens is 308 g/mol. The predicted molar refractivity (Wildman–Crippen MR) is 105 cm³/mol. The van der Waals surface area contributed by atoms with E-state index in [0.29, 0.717) is 0 Å². The lowest BCUT2D eigenvalue weighted by Crippen LogP contribution is -2.30. The lowest BCUT2D eigenvalue weighted by atomic mass is 9.74. The Morgan fingerprint density at radius 3 is 2.68 bits per heavy atom. The monoisotopic (exact) mass is 334 g/mol. The maximum absolute atomic E-state index is 5.12. The standard InChI is InChI=1S/C21H26N4/c1-6-14-18-13-9-7-8-10-15(13)23-20(18)19-16(22-14)11-21(2,3)12-17(19)24-25(4)5/h7-10,23H,6,11-12H2,1-5H3. The first-order valence-electron chi connectivity index (χ1n) is 9.07. The Labute approximate surface area is 148 Å². The third-order valence-electron chi connectivity index (χ3n) is 5.04. The van der Waals surface area contributed by atoms with Crippen molar-refractivity contribution in [3.05, 3.63) is 41.2 Å². The average Bonchev–Trinajstić information content (AvgIpc) is 2.91. The van der Waals surface area contributed by atoms with Crippen molar-refractivity contribution in [3.8, 4) is 0 Å². The zero-order valence-electron chi connectivity index (χ0n) is 15.8. The minimum absolute atomic E-state index is 0.180. The zero-order valence-corrected chi connectivity index (χ0v) is 15.8. The van der Waals surface area contributed by atoms with Crippen molar-refractivity contribution < 1.29 is 0 Å². The quantitative estimate of drug-likeness (QED) is 0.700. The van der Waals surface area contributed by atoms with Crippen LogP contribution in [0.15, 0.2) is 29.4 Å². The van der Waals surface area contributed by atoms with Crippen molar-refractivity contribution >= 4 is 27.5 Å². The SMILES string of the molecule is CCc1nc2c(c3[nH]c4ccccc4c13)C(=NN(C)C)CC(C)(C)C2. The van der Waals surface area contributed by atoms with Gasteiger partial charge in [0.2, 0.25) is 0 Å². The van der Waals surface area contributed by atoms with Crippen LogP contribution in [0.1, 0.15) is 44.1 Å². The normalized spacial score (nSPS) is 18.0. The summed E-state index contributed by atoms with van der Waals surface area (Å²) in [7, 11) is 3.98. The molecule has 130 valence electrons. The van der Waals surface area contributed by atoms with Crippen molar-refractivity contribution in [3.63, 3.8) is 0 Å². The third kappa shape index (κ3) is 2.60. The van der Waals surface area contributed by atoms with Gasteiger partial charge in [-0.15, -0.1) is 0 Å². The molecule has 0 atom stereocenters. The molecule has 4 rings (SSSR count). The van der Waals surface area contributed by atoms with Gasteiger partial charge in [0.25, 0.3) is 0 Å². The van der Waals surface area contributed by atoms with Crippen LogP contribution in [-0.4, -0.2) is 34.8 Å². The molecular formula is C21H26N4. The zero-order chi connectivity index (χ0) is 17.8. The number of fused-ring (bicyclic) bond motifs is 5. The largest absolute Gasteiger partial charge is 0.354 e. The molecule has 0 amide bonds. The number of H-pyrrole nitrogens is 1. The first-order chi connectivity index (χ1) is 11.9. The van der Waals surface area contributed by atoms with E-state index < -0.39 is 0 Å². The number of hydrogen-bond acceptors (Lipinski definition) is 3. The van der Waals surface area contributed by atoms with Gasteiger partial charge in [-0.1, -0.05) is 39.0 Å². The topological polar surface area (TPSA) is 44.3 Å². The summed E-state index contributed by atoms with van der Waals surface area (Å²) in [6, 6.07) is 8.53. The summed E-state index contributed by atoms with van der Waals surface area (Å²) in [5, 5.41) is 9.27. The van der Waals surface area contributed by atoms with Crippen molar-refractivity contribution in [1.29, 1.82) is 0 Å². The molecule has 1 aromatic carbocycles. The number of hydrogen-bond donors (Lipinski definition) is 1. The Hall–Kier alpha value is -2.36. The number of nitrogens with one attached hydrogen (secondary N) is 1. The van der Waals surface area contributed by atoms with Gasteiger partial charge in [-0.25, -0.2) is 0 Å². The summed E-state index contributed by atoms with van der Waals surface area (Å²) in [4.78, 5) is 8.79. The van der Waals surface area contributed by atoms with Gasteiger partial charge < -0.3 is 9.99 Å². The van der Waals surface area contributed by atoms with Crippen LogP contribution in [0.5, 0.6) is 0 Å². The molecule has 0 fully saturated rings. The fourth-order valence-electron chi connectivity index (χ4n) is 4.13. The highest BCUT2D eigenvalue weighted by Gasteiger charge is 2.33. The second kappa shape index (κ2) is 5.58. The first kappa shape index (κ1) is 16.1. The Bertz CT molecular complexity index is 992. The van der Waals surface area contributed by atoms with Crippen molar-refractivity contribution in [2.75, 3.05) is 14.1 Å². The molecule has 4 nitrogen and oxygen atoms in total. The van der Waals surface area contributed by atoms with Gasteiger partial charge in [-0.3, -0.25) is 4.98 Å². The highest BCUT2D eigenvalue weighted by molar-refractivity contribution is 6.18. The minimum atomic E-state index is 0.180. The number of rotatable bonds is 2. The van der Waals surface area contributed by atoms with Crippen LogP contribution in [0.4, 0.5) is 0 Å². The number of aromatic amines is 1. The number of para-hydroxylation sites is 1. The molecule has 0 saturated heterocycles. The van der Waals surface area contributed by atoms with E-state index in [2.05, 4.69) is 50.0 Å². The molecule has 25 heavy (non-hydrogen) atoms. The summed E-state index contributed by atoms with van der Waals surface area (Å²) < 4.78 is 0. The number of aryl methyl sites for hydroxylation is 1. The molecule has 2 heterocycles. The Morgan fingerprint density at radius 1 is 1.20 bits per heavy atom. The van der Waals surface area contributed by atoms with Gasteiger partial charge >= 0.3 is 0 Å². The molecule has 1 N–H and O–H groups in total. The molecule has 0 bridgehead atoms. The molecule has 3 aromatic rings. The summed E-state index contributed by atoms with van der Waals surface area (Å²) in [6.07, 6.45) is 2.90. The van der Waals surface area contributed by atoms with Crippen LogP contribution in [0, 0.1) is 5.41 Å². The number of benzene rings is 1. The highest BCUT2D eigenvalue weighted by atomic mass is 15.4. The molecule has 0 spiro atoms. The molecule has 0 unspecified atom stereocenters. The lowest BCUT2D eigenvalue weighted by molar-refractivity contribution is 0.359. The summed E-state index contributed by atoms with van der Waals surface area (Å²) in [5.74, 6) is 0. The van der Waals surface area contributed by atoms with Gasteiger partial charge in [-0.2, -0.15) is 5.10 Å². The molecule has 2 aromatic heterocycles. The van der Waals surface area contributed by atoms with Gasteiger partial charge in [0.1, 0.15) is 0 Å². The average molecular weight is 334 g/mol. The fraction of sp³-hybridized carbons (Fsp3) is 0.429. The molecule has 1 aliphatic rings. The van der Waals surface area contributed by atoms with Crippen LogP contribution < -0.4 is 0 Å². The minimum Gasteiger partial charge on any atom is -0.354 e. The predicted octanol–water partition coefficient (Wildman–Crippen LogP) is 4.52. The summed E-state index contributed by atoms with van der Waals surface area (Å²) in [6.45, 7) is 6.81. The van der Waals surface area contributed by atoms with Crippen molar-refractivity contribution in [2.45, 2.75) is 40.0 Å². The van der Waals surface area contributed by atoms with Crippen LogP contribution in [0.25, 0.3) is 21.8 Å². The van der Waals surface area contributed by atoms with Gasteiger partial charge in [-0.05, 0) is 30.7 Å². The van der Waals surface area contributed by atoms with Gasteiger partial charge in [0.15, 0.2) is 0 Å². The van der Waals surface area contributed by atoms with Crippen LogP contribution >= 0.6 is 0 Å². The third-order valence-corrected chi connectivity index (χ3v) is 5.04. The second-order valence-electron chi connectivity index (χ2n) is 8.07. The Morgan fingerprint density at radius 2 is 1.96 bits per heavy atom. The maximum Gasteiger partial charge on any atom is 0.0722 e. The molecule has 4 heteroatoms. The van der Waals surface area contributed by atoms with Gasteiger partial charge in [0, 0.05) is 35.9 Å². The van der Waals surface area contributed by atoms with E-state index in [9.17, 15) is 0 Å². The maximum atomic E-state index is 5.12. The van der Waals surface area contributed by atoms with E-state index in [4.69, 9.17) is 10.1 Å². The van der Waals surface area contributed by atoms with E-state index in [-0.39, 0.29) is 5.41 Å². The van der Waals surface area contributed by atoms with E-state index in [1.807, 2.05) is 19.1 Å². The summed E-state index contributed by atoms with van der Waals surface area (Å²) >= 11 is 0. The fourth-order valence-corrected chi connectivity index (χ4v) is 4.13. The van der Waals surface area contributed by atoms with Crippen molar-refractivity contribution in [1.82, 2.24) is 15.0 Å². The van der Waals surface area contributed by atoms with Crippen molar-refractivity contribution in [2.24, 2.45) is 10.5 Å². The Kier molecular flexibility index (Phi) is 3.60. The van der Waals surface area contributed by atoms with E-state index in [1.165, 1.54) is 38.8 Å². The van der Waals surface area contributed by atoms with Crippen LogP contribution in [0.3, 0.4) is 0 Å². The molecule has 0 aliphatic heterocycles. The van der Waals surface area contributed by atoms with Crippen LogP contribution in [0.2, 0.25) is 0 Å². The second-order valence-corrected chi connectivity index (χ2v) is 8.07. The number of nitrogens with zero attached hydrogens (tertiary/aromatic N) is 3.